The second kappa shape index (κ2) is 9.60. The van der Waals surface area contributed by atoms with Gasteiger partial charge in [-0.15, -0.1) is 11.3 Å². The van der Waals surface area contributed by atoms with Gasteiger partial charge in [-0.25, -0.2) is 17.7 Å². The van der Waals surface area contributed by atoms with Crippen LogP contribution in [0.5, 0.6) is 0 Å². The summed E-state index contributed by atoms with van der Waals surface area (Å²) in [5.41, 5.74) is 3.69. The van der Waals surface area contributed by atoms with E-state index in [0.29, 0.717) is 16.4 Å². The number of carbonyl (C=O) groups is 2. The molecule has 0 unspecified atom stereocenters. The van der Waals surface area contributed by atoms with Gasteiger partial charge in [0, 0.05) is 30.7 Å². The topological polar surface area (TPSA) is 108 Å². The average Bonchev–Trinajstić information content (AvgIpc) is 3.16. The molecule has 8 nitrogen and oxygen atoms in total. The Kier molecular flexibility index (Phi) is 7.07. The molecule has 0 radical (unpaired) electrons. The Labute approximate surface area is 191 Å². The summed E-state index contributed by atoms with van der Waals surface area (Å²) in [7, 11) is -0.675. The maximum atomic E-state index is 12.5. The van der Waals surface area contributed by atoms with E-state index in [1.807, 2.05) is 32.0 Å². The summed E-state index contributed by atoms with van der Waals surface area (Å²) < 4.78 is 25.4. The number of aryl methyl sites for hydroxylation is 2. The van der Waals surface area contributed by atoms with E-state index in [1.54, 1.807) is 5.38 Å². The normalized spacial score (nSPS) is 11.4. The number of thiazole rings is 1. The lowest BCUT2D eigenvalue weighted by molar-refractivity contribution is -0.115. The van der Waals surface area contributed by atoms with E-state index in [-0.39, 0.29) is 17.2 Å². The highest BCUT2D eigenvalue weighted by atomic mass is 32.2. The number of rotatable bonds is 7. The van der Waals surface area contributed by atoms with Gasteiger partial charge in [0.15, 0.2) is 5.13 Å². The number of hydrogen-bond acceptors (Lipinski definition) is 6. The summed E-state index contributed by atoms with van der Waals surface area (Å²) in [6.07, 6.45) is 0.0801. The van der Waals surface area contributed by atoms with Gasteiger partial charge in [-0.3, -0.25) is 14.9 Å². The molecular weight excluding hydrogens is 448 g/mol. The maximum absolute atomic E-state index is 12.5. The molecule has 0 fully saturated rings. The Morgan fingerprint density at radius 1 is 1.03 bits per heavy atom. The molecule has 0 saturated heterocycles. The largest absolute Gasteiger partial charge is 0.326 e. The van der Waals surface area contributed by atoms with Crippen molar-refractivity contribution in [2.24, 2.45) is 0 Å². The summed E-state index contributed by atoms with van der Waals surface area (Å²) >= 11 is 1.21. The Hall–Kier alpha value is -3.08. The first kappa shape index (κ1) is 23.6. The third kappa shape index (κ3) is 5.58. The fraction of sp³-hybridized carbons (Fsp3) is 0.227. The van der Waals surface area contributed by atoms with Crippen molar-refractivity contribution in [2.75, 3.05) is 24.7 Å². The third-order valence-corrected chi connectivity index (χ3v) is 7.30. The monoisotopic (exact) mass is 472 g/mol. The fourth-order valence-electron chi connectivity index (χ4n) is 2.92. The molecule has 0 saturated carbocycles. The summed E-state index contributed by atoms with van der Waals surface area (Å²) in [4.78, 5) is 29.2. The van der Waals surface area contributed by atoms with Crippen LogP contribution in [-0.4, -0.2) is 43.6 Å². The average molecular weight is 473 g/mol. The zero-order valence-electron chi connectivity index (χ0n) is 18.2. The van der Waals surface area contributed by atoms with Crippen molar-refractivity contribution in [2.45, 2.75) is 25.2 Å². The van der Waals surface area contributed by atoms with E-state index in [4.69, 9.17) is 0 Å². The summed E-state index contributed by atoms with van der Waals surface area (Å²) in [6, 6.07) is 11.4. The molecule has 1 heterocycles. The van der Waals surface area contributed by atoms with Crippen LogP contribution < -0.4 is 10.6 Å². The van der Waals surface area contributed by atoms with Crippen LogP contribution in [0.25, 0.3) is 0 Å². The van der Waals surface area contributed by atoms with Gasteiger partial charge in [0.05, 0.1) is 17.0 Å². The quantitative estimate of drug-likeness (QED) is 0.548. The Bertz CT molecular complexity index is 1250. The van der Waals surface area contributed by atoms with Crippen molar-refractivity contribution in [3.63, 3.8) is 0 Å². The molecule has 32 heavy (non-hydrogen) atoms. The highest BCUT2D eigenvalue weighted by Gasteiger charge is 2.18. The molecule has 1 aromatic heterocycles. The van der Waals surface area contributed by atoms with Gasteiger partial charge in [-0.05, 0) is 49.7 Å². The molecular formula is C22H24N4O4S2. The van der Waals surface area contributed by atoms with Gasteiger partial charge < -0.3 is 5.32 Å². The van der Waals surface area contributed by atoms with Gasteiger partial charge in [0.25, 0.3) is 5.91 Å². The van der Waals surface area contributed by atoms with Crippen LogP contribution in [0, 0.1) is 13.8 Å². The number of aromatic nitrogens is 1. The van der Waals surface area contributed by atoms with Crippen LogP contribution in [0.2, 0.25) is 0 Å². The van der Waals surface area contributed by atoms with E-state index >= 15 is 0 Å². The molecule has 2 amide bonds. The van der Waals surface area contributed by atoms with Gasteiger partial charge in [-0.1, -0.05) is 17.7 Å². The molecule has 0 spiro atoms. The van der Waals surface area contributed by atoms with E-state index in [2.05, 4.69) is 15.6 Å². The van der Waals surface area contributed by atoms with Crippen molar-refractivity contribution in [3.05, 3.63) is 70.2 Å². The highest BCUT2D eigenvalue weighted by molar-refractivity contribution is 7.89. The van der Waals surface area contributed by atoms with Crippen LogP contribution in [-0.2, 0) is 21.2 Å². The van der Waals surface area contributed by atoms with Gasteiger partial charge in [0.1, 0.15) is 0 Å². The number of anilines is 2. The second-order valence-electron chi connectivity index (χ2n) is 7.45. The lowest BCUT2D eigenvalue weighted by Crippen LogP contribution is -2.22. The molecule has 3 rings (SSSR count). The summed E-state index contributed by atoms with van der Waals surface area (Å²) in [5.74, 6) is -0.614. The summed E-state index contributed by atoms with van der Waals surface area (Å²) in [5, 5.41) is 7.62. The minimum Gasteiger partial charge on any atom is -0.326 e. The summed E-state index contributed by atoms with van der Waals surface area (Å²) in [6.45, 7) is 3.92. The number of amides is 2. The van der Waals surface area contributed by atoms with Crippen molar-refractivity contribution in [3.8, 4) is 0 Å². The van der Waals surface area contributed by atoms with Crippen LogP contribution in [0.4, 0.5) is 10.8 Å². The molecule has 0 atom stereocenters. The zero-order chi connectivity index (χ0) is 23.5. The van der Waals surface area contributed by atoms with Crippen molar-refractivity contribution < 1.29 is 18.0 Å². The van der Waals surface area contributed by atoms with Gasteiger partial charge in [-0.2, -0.15) is 0 Å². The van der Waals surface area contributed by atoms with Crippen molar-refractivity contribution >= 4 is 44.0 Å². The maximum Gasteiger partial charge on any atom is 0.257 e. The minimum atomic E-state index is -3.56. The van der Waals surface area contributed by atoms with E-state index in [1.165, 1.54) is 49.7 Å². The SMILES string of the molecule is Cc1ccc(NC(=O)Cc2csc(NC(=O)c3ccc(S(=O)(=O)N(C)C)cc3)n2)c(C)c1. The highest BCUT2D eigenvalue weighted by Crippen LogP contribution is 2.20. The minimum absolute atomic E-state index is 0.0801. The Morgan fingerprint density at radius 3 is 2.34 bits per heavy atom. The number of nitrogens with zero attached hydrogens (tertiary/aromatic N) is 2. The molecule has 0 aliphatic rings. The number of carbonyl (C=O) groups excluding carboxylic acids is 2. The van der Waals surface area contributed by atoms with E-state index in [0.717, 1.165) is 21.1 Å². The molecule has 3 aromatic rings. The molecule has 2 aromatic carbocycles. The molecule has 0 aliphatic carbocycles. The molecule has 10 heteroatoms. The van der Waals surface area contributed by atoms with Gasteiger partial charge in [0.2, 0.25) is 15.9 Å². The molecule has 168 valence electrons. The first-order valence-electron chi connectivity index (χ1n) is 9.71. The number of hydrogen-bond donors (Lipinski definition) is 2. The number of sulfonamides is 1. The first-order chi connectivity index (χ1) is 15.1. The fourth-order valence-corrected chi connectivity index (χ4v) is 4.52. The van der Waals surface area contributed by atoms with Crippen LogP contribution in [0.15, 0.2) is 52.7 Å². The van der Waals surface area contributed by atoms with Gasteiger partial charge >= 0.3 is 0 Å². The van der Waals surface area contributed by atoms with Crippen molar-refractivity contribution in [1.82, 2.24) is 9.29 Å². The molecule has 0 aliphatic heterocycles. The van der Waals surface area contributed by atoms with E-state index < -0.39 is 15.9 Å². The number of benzene rings is 2. The van der Waals surface area contributed by atoms with Crippen LogP contribution in [0.1, 0.15) is 27.2 Å². The second-order valence-corrected chi connectivity index (χ2v) is 10.5. The lowest BCUT2D eigenvalue weighted by atomic mass is 10.1. The predicted molar refractivity (Wildman–Crippen MR) is 126 cm³/mol. The smallest absolute Gasteiger partial charge is 0.257 e. The predicted octanol–water partition coefficient (Wildman–Crippen LogP) is 3.44. The Balaban J connectivity index is 1.61. The third-order valence-electron chi connectivity index (χ3n) is 4.66. The number of nitrogens with one attached hydrogen (secondary N) is 2. The van der Waals surface area contributed by atoms with Crippen LogP contribution >= 0.6 is 11.3 Å². The molecule has 0 bridgehead atoms. The standard InChI is InChI=1S/C22H24N4O4S2/c1-14-5-10-19(15(2)11-14)24-20(27)12-17-13-31-22(23-17)25-21(28)16-6-8-18(9-7-16)32(29,30)26(3)4/h5-11,13H,12H2,1-4H3,(H,24,27)(H,23,25,28). The lowest BCUT2D eigenvalue weighted by Gasteiger charge is -2.11. The van der Waals surface area contributed by atoms with Crippen molar-refractivity contribution in [1.29, 1.82) is 0 Å². The first-order valence-corrected chi connectivity index (χ1v) is 12.0. The Morgan fingerprint density at radius 2 is 1.72 bits per heavy atom. The zero-order valence-corrected chi connectivity index (χ0v) is 19.8. The van der Waals surface area contributed by atoms with Crippen LogP contribution in [0.3, 0.4) is 0 Å². The van der Waals surface area contributed by atoms with E-state index in [9.17, 15) is 18.0 Å². The molecule has 2 N–H and O–H groups in total.